The van der Waals surface area contributed by atoms with Gasteiger partial charge in [-0.05, 0) is 68.9 Å². The Labute approximate surface area is 215 Å². The summed E-state index contributed by atoms with van der Waals surface area (Å²) in [6.45, 7) is 6.20. The van der Waals surface area contributed by atoms with Crippen molar-refractivity contribution < 1.29 is 18.0 Å². The number of anilines is 1. The fraction of sp³-hybridized carbons (Fsp3) is 0.500. The Morgan fingerprint density at radius 1 is 1.06 bits per heavy atom. The van der Waals surface area contributed by atoms with Gasteiger partial charge < -0.3 is 10.2 Å². The van der Waals surface area contributed by atoms with Gasteiger partial charge in [-0.15, -0.1) is 0 Å². The minimum Gasteiger partial charge on any atom is -0.352 e. The number of nitrogens with zero attached hydrogens (tertiary/aromatic N) is 2. The van der Waals surface area contributed by atoms with Gasteiger partial charge in [0.05, 0.1) is 11.9 Å². The van der Waals surface area contributed by atoms with Crippen LogP contribution in [0.25, 0.3) is 0 Å². The fourth-order valence-corrected chi connectivity index (χ4v) is 5.69. The zero-order valence-electron chi connectivity index (χ0n) is 21.9. The van der Waals surface area contributed by atoms with Crippen molar-refractivity contribution in [3.05, 3.63) is 65.2 Å². The Morgan fingerprint density at radius 3 is 2.39 bits per heavy atom. The van der Waals surface area contributed by atoms with Crippen LogP contribution in [0.1, 0.15) is 62.1 Å². The zero-order valence-corrected chi connectivity index (χ0v) is 22.7. The molecule has 1 saturated carbocycles. The number of rotatable bonds is 11. The molecular formula is C28H39N3O4S. The highest BCUT2D eigenvalue weighted by Crippen LogP contribution is 2.21. The number of sulfonamides is 1. The molecule has 1 aliphatic rings. The molecular weight excluding hydrogens is 474 g/mol. The second-order valence-corrected chi connectivity index (χ2v) is 11.8. The second-order valence-electron chi connectivity index (χ2n) is 9.89. The number of hydrogen-bond donors (Lipinski definition) is 1. The van der Waals surface area contributed by atoms with Gasteiger partial charge in [0.25, 0.3) is 0 Å². The summed E-state index contributed by atoms with van der Waals surface area (Å²) in [7, 11) is -3.51. The van der Waals surface area contributed by atoms with Crippen LogP contribution >= 0.6 is 0 Å². The minimum atomic E-state index is -3.51. The molecule has 0 spiro atoms. The molecule has 1 fully saturated rings. The summed E-state index contributed by atoms with van der Waals surface area (Å²) < 4.78 is 26.3. The van der Waals surface area contributed by atoms with Gasteiger partial charge >= 0.3 is 0 Å². The summed E-state index contributed by atoms with van der Waals surface area (Å²) in [5.74, 6) is -0.300. The Bertz CT molecular complexity index is 1160. The molecule has 2 aromatic carbocycles. The summed E-state index contributed by atoms with van der Waals surface area (Å²) in [5.41, 5.74) is 3.60. The van der Waals surface area contributed by atoms with E-state index in [9.17, 15) is 18.0 Å². The first kappa shape index (κ1) is 27.7. The normalized spacial score (nSPS) is 14.9. The lowest BCUT2D eigenvalue weighted by Gasteiger charge is -2.30. The zero-order chi connectivity index (χ0) is 26.3. The van der Waals surface area contributed by atoms with Crippen LogP contribution < -0.4 is 9.62 Å². The lowest BCUT2D eigenvalue weighted by molar-refractivity contribution is -0.141. The average Bonchev–Trinajstić information content (AvgIpc) is 3.33. The second kappa shape index (κ2) is 12.4. The molecule has 196 valence electrons. The van der Waals surface area contributed by atoms with Crippen LogP contribution in [-0.2, 0) is 26.2 Å². The fourth-order valence-electron chi connectivity index (χ4n) is 4.73. The highest BCUT2D eigenvalue weighted by Gasteiger charge is 2.29. The lowest BCUT2D eigenvalue weighted by atomic mass is 10.1. The summed E-state index contributed by atoms with van der Waals surface area (Å²) >= 11 is 0. The molecule has 1 atom stereocenters. The van der Waals surface area contributed by atoms with Crippen LogP contribution in [0.15, 0.2) is 48.5 Å². The highest BCUT2D eigenvalue weighted by molar-refractivity contribution is 7.92. The number of carbonyl (C=O) groups excluding carboxylic acids is 2. The van der Waals surface area contributed by atoms with E-state index in [-0.39, 0.29) is 30.8 Å². The van der Waals surface area contributed by atoms with Gasteiger partial charge in [-0.2, -0.15) is 0 Å². The molecule has 8 heteroatoms. The highest BCUT2D eigenvalue weighted by atomic mass is 32.2. The van der Waals surface area contributed by atoms with Crippen LogP contribution in [-0.4, -0.2) is 50.0 Å². The number of aryl methyl sites for hydroxylation is 2. The molecule has 36 heavy (non-hydrogen) atoms. The summed E-state index contributed by atoms with van der Waals surface area (Å²) in [6.07, 6.45) is 5.85. The number of carbonyl (C=O) groups is 2. The molecule has 0 aromatic heterocycles. The molecule has 2 amide bonds. The summed E-state index contributed by atoms with van der Waals surface area (Å²) in [6, 6.07) is 14.7. The number of amides is 2. The van der Waals surface area contributed by atoms with Crippen molar-refractivity contribution in [2.24, 2.45) is 0 Å². The number of nitrogens with one attached hydrogen (secondary N) is 1. The van der Waals surface area contributed by atoms with E-state index in [0.29, 0.717) is 18.7 Å². The van der Waals surface area contributed by atoms with Crippen molar-refractivity contribution in [1.82, 2.24) is 10.2 Å². The van der Waals surface area contributed by atoms with Crippen LogP contribution in [0.4, 0.5) is 5.69 Å². The van der Waals surface area contributed by atoms with Gasteiger partial charge in [0.15, 0.2) is 0 Å². The lowest BCUT2D eigenvalue weighted by Crippen LogP contribution is -2.49. The SMILES string of the molecule is Cc1cccc(N(CCCC(=O)N(Cc2ccccc2C)[C@H](C)C(=O)NC2CCCC2)S(C)(=O)=O)c1. The maximum absolute atomic E-state index is 13.4. The molecule has 0 radical (unpaired) electrons. The van der Waals surface area contributed by atoms with E-state index in [4.69, 9.17) is 0 Å². The quantitative estimate of drug-likeness (QED) is 0.485. The maximum atomic E-state index is 13.4. The predicted molar refractivity (Wildman–Crippen MR) is 144 cm³/mol. The van der Waals surface area contributed by atoms with Crippen molar-refractivity contribution in [3.63, 3.8) is 0 Å². The van der Waals surface area contributed by atoms with E-state index >= 15 is 0 Å². The van der Waals surface area contributed by atoms with Gasteiger partial charge in [0.1, 0.15) is 6.04 Å². The smallest absolute Gasteiger partial charge is 0.242 e. The Balaban J connectivity index is 1.72. The van der Waals surface area contributed by atoms with E-state index in [2.05, 4.69) is 5.32 Å². The monoisotopic (exact) mass is 513 g/mol. The third kappa shape index (κ3) is 7.56. The van der Waals surface area contributed by atoms with Crippen molar-refractivity contribution in [2.75, 3.05) is 17.1 Å². The molecule has 1 N–H and O–H groups in total. The van der Waals surface area contributed by atoms with E-state index in [1.807, 2.05) is 56.3 Å². The van der Waals surface area contributed by atoms with E-state index in [1.165, 1.54) is 10.6 Å². The molecule has 0 heterocycles. The van der Waals surface area contributed by atoms with E-state index in [1.54, 1.807) is 17.9 Å². The van der Waals surface area contributed by atoms with Crippen LogP contribution in [0.3, 0.4) is 0 Å². The Hall–Kier alpha value is -2.87. The van der Waals surface area contributed by atoms with Gasteiger partial charge in [-0.25, -0.2) is 8.42 Å². The van der Waals surface area contributed by atoms with E-state index in [0.717, 1.165) is 42.4 Å². The summed E-state index contributed by atoms with van der Waals surface area (Å²) in [4.78, 5) is 28.1. The van der Waals surface area contributed by atoms with Gasteiger partial charge in [-0.1, -0.05) is 49.2 Å². The van der Waals surface area contributed by atoms with Crippen molar-refractivity contribution in [2.45, 2.75) is 77.9 Å². The molecule has 1 aliphatic carbocycles. The van der Waals surface area contributed by atoms with E-state index < -0.39 is 16.1 Å². The molecule has 0 saturated heterocycles. The minimum absolute atomic E-state index is 0.138. The molecule has 0 aliphatic heterocycles. The van der Waals surface area contributed by atoms with Crippen LogP contribution in [0.5, 0.6) is 0 Å². The molecule has 2 aromatic rings. The van der Waals surface area contributed by atoms with Gasteiger partial charge in [0.2, 0.25) is 21.8 Å². The third-order valence-corrected chi connectivity index (χ3v) is 8.11. The van der Waals surface area contributed by atoms with Crippen molar-refractivity contribution >= 4 is 27.5 Å². The molecule has 0 unspecified atom stereocenters. The predicted octanol–water partition coefficient (Wildman–Crippen LogP) is 4.33. The van der Waals surface area contributed by atoms with Crippen molar-refractivity contribution in [1.29, 1.82) is 0 Å². The Kier molecular flexibility index (Phi) is 9.54. The largest absolute Gasteiger partial charge is 0.352 e. The first-order chi connectivity index (χ1) is 17.1. The molecule has 0 bridgehead atoms. The van der Waals surface area contributed by atoms with Gasteiger partial charge in [0, 0.05) is 25.6 Å². The summed E-state index contributed by atoms with van der Waals surface area (Å²) in [5, 5.41) is 3.11. The topological polar surface area (TPSA) is 86.8 Å². The molecule has 7 nitrogen and oxygen atoms in total. The first-order valence-electron chi connectivity index (χ1n) is 12.7. The number of benzene rings is 2. The Morgan fingerprint density at radius 2 is 1.75 bits per heavy atom. The van der Waals surface area contributed by atoms with Crippen LogP contribution in [0, 0.1) is 13.8 Å². The maximum Gasteiger partial charge on any atom is 0.242 e. The third-order valence-electron chi connectivity index (χ3n) is 6.91. The van der Waals surface area contributed by atoms with Gasteiger partial charge in [-0.3, -0.25) is 13.9 Å². The van der Waals surface area contributed by atoms with Crippen molar-refractivity contribution in [3.8, 4) is 0 Å². The standard InChI is InChI=1S/C28H39N3O4S/c1-21-11-9-16-26(19-21)31(36(4,34)35)18-10-17-27(32)30(20-24-13-6-5-12-22(24)2)23(3)28(33)29-25-14-7-8-15-25/h5-6,9,11-13,16,19,23,25H,7-8,10,14-15,17-18,20H2,1-4H3,(H,29,33)/t23-/m1/s1. The first-order valence-corrected chi connectivity index (χ1v) is 14.6. The average molecular weight is 514 g/mol. The van der Waals surface area contributed by atoms with Crippen LogP contribution in [0.2, 0.25) is 0 Å². The number of hydrogen-bond acceptors (Lipinski definition) is 4. The molecule has 3 rings (SSSR count).